The lowest BCUT2D eigenvalue weighted by molar-refractivity contribution is 0.0735. The Morgan fingerprint density at radius 3 is 2.27 bits per heavy atom. The maximum absolute atomic E-state index is 13.1. The van der Waals surface area contributed by atoms with Crippen molar-refractivity contribution in [3.63, 3.8) is 0 Å². The molecule has 1 aliphatic heterocycles. The standard InChI is InChI=1S/C23H26N4O3/c1-25-22(16-21(24-25)17-6-4-8-19(14-17)29-2)23(28)27-12-10-26(11-13-27)18-7-5-9-20(15-18)30-3/h4-9,14-16H,10-13H2,1-3H3. The molecule has 4 rings (SSSR count). The Bertz CT molecular complexity index is 1040. The number of piperazine rings is 1. The van der Waals surface area contributed by atoms with E-state index in [1.807, 2.05) is 60.5 Å². The summed E-state index contributed by atoms with van der Waals surface area (Å²) < 4.78 is 12.3. The van der Waals surface area contributed by atoms with Gasteiger partial charge in [0.2, 0.25) is 0 Å². The summed E-state index contributed by atoms with van der Waals surface area (Å²) in [4.78, 5) is 17.3. The van der Waals surface area contributed by atoms with Crippen molar-refractivity contribution in [3.8, 4) is 22.8 Å². The molecule has 2 heterocycles. The van der Waals surface area contributed by atoms with Gasteiger partial charge in [-0.3, -0.25) is 9.48 Å². The fraction of sp³-hybridized carbons (Fsp3) is 0.304. The second-order valence-corrected chi connectivity index (χ2v) is 7.25. The molecule has 30 heavy (non-hydrogen) atoms. The first kappa shape index (κ1) is 19.8. The monoisotopic (exact) mass is 406 g/mol. The number of carbonyl (C=O) groups excluding carboxylic acids is 1. The van der Waals surface area contributed by atoms with Gasteiger partial charge in [-0.25, -0.2) is 0 Å². The summed E-state index contributed by atoms with van der Waals surface area (Å²) in [6.45, 7) is 2.88. The molecule has 1 fully saturated rings. The zero-order valence-corrected chi connectivity index (χ0v) is 17.5. The van der Waals surface area contributed by atoms with Gasteiger partial charge in [-0.1, -0.05) is 18.2 Å². The van der Waals surface area contributed by atoms with Crippen molar-refractivity contribution in [2.75, 3.05) is 45.3 Å². The van der Waals surface area contributed by atoms with Crippen LogP contribution >= 0.6 is 0 Å². The Morgan fingerprint density at radius 2 is 1.57 bits per heavy atom. The predicted octanol–water partition coefficient (Wildman–Crippen LogP) is 3.07. The average Bonchev–Trinajstić information content (AvgIpc) is 3.20. The van der Waals surface area contributed by atoms with Gasteiger partial charge in [-0.05, 0) is 30.3 Å². The molecule has 0 atom stereocenters. The zero-order chi connectivity index (χ0) is 21.1. The molecule has 156 valence electrons. The van der Waals surface area contributed by atoms with E-state index in [2.05, 4.69) is 16.1 Å². The third kappa shape index (κ3) is 3.96. The molecule has 7 nitrogen and oxygen atoms in total. The van der Waals surface area contributed by atoms with Crippen LogP contribution in [-0.4, -0.2) is 61.0 Å². The van der Waals surface area contributed by atoms with Crippen LogP contribution in [-0.2, 0) is 7.05 Å². The SMILES string of the molecule is COc1cccc(-c2cc(C(=O)N3CCN(c4cccc(OC)c4)CC3)n(C)n2)c1. The zero-order valence-electron chi connectivity index (χ0n) is 17.5. The number of rotatable bonds is 5. The van der Waals surface area contributed by atoms with E-state index in [4.69, 9.17) is 9.47 Å². The van der Waals surface area contributed by atoms with E-state index in [9.17, 15) is 4.79 Å². The third-order valence-corrected chi connectivity index (χ3v) is 5.45. The van der Waals surface area contributed by atoms with Crippen molar-refractivity contribution in [1.29, 1.82) is 0 Å². The first-order valence-corrected chi connectivity index (χ1v) is 9.96. The minimum atomic E-state index is 0.00411. The van der Waals surface area contributed by atoms with Crippen LogP contribution in [0.4, 0.5) is 5.69 Å². The van der Waals surface area contributed by atoms with Crippen molar-refractivity contribution in [2.24, 2.45) is 7.05 Å². The largest absolute Gasteiger partial charge is 0.497 e. The Morgan fingerprint density at radius 1 is 0.900 bits per heavy atom. The number of hydrogen-bond acceptors (Lipinski definition) is 5. The fourth-order valence-corrected chi connectivity index (χ4v) is 3.73. The molecule has 1 saturated heterocycles. The summed E-state index contributed by atoms with van der Waals surface area (Å²) in [5.74, 6) is 1.61. The van der Waals surface area contributed by atoms with Gasteiger partial charge in [-0.2, -0.15) is 5.10 Å². The lowest BCUT2D eigenvalue weighted by atomic mass is 10.1. The molecule has 0 spiro atoms. The molecular formula is C23H26N4O3. The first-order chi connectivity index (χ1) is 14.6. The van der Waals surface area contributed by atoms with E-state index in [1.165, 1.54) is 0 Å². The van der Waals surface area contributed by atoms with Gasteiger partial charge in [0, 0.05) is 50.5 Å². The summed E-state index contributed by atoms with van der Waals surface area (Å²) >= 11 is 0. The topological polar surface area (TPSA) is 59.8 Å². The molecule has 0 N–H and O–H groups in total. The van der Waals surface area contributed by atoms with E-state index >= 15 is 0 Å². The molecule has 0 saturated carbocycles. The van der Waals surface area contributed by atoms with Crippen LogP contribution in [0.25, 0.3) is 11.3 Å². The maximum atomic E-state index is 13.1. The highest BCUT2D eigenvalue weighted by Crippen LogP contribution is 2.25. The number of amides is 1. The number of nitrogens with zero attached hydrogens (tertiary/aromatic N) is 4. The summed E-state index contributed by atoms with van der Waals surface area (Å²) in [7, 11) is 5.12. The van der Waals surface area contributed by atoms with Gasteiger partial charge in [0.25, 0.3) is 5.91 Å². The number of benzene rings is 2. The van der Waals surface area contributed by atoms with Crippen LogP contribution in [0.5, 0.6) is 11.5 Å². The van der Waals surface area contributed by atoms with Gasteiger partial charge in [0.05, 0.1) is 19.9 Å². The summed E-state index contributed by atoms with van der Waals surface area (Å²) in [5, 5.41) is 4.54. The molecular weight excluding hydrogens is 380 g/mol. The number of anilines is 1. The second kappa shape index (κ2) is 8.49. The van der Waals surface area contributed by atoms with Crippen LogP contribution in [0.3, 0.4) is 0 Å². The Labute approximate surface area is 176 Å². The minimum Gasteiger partial charge on any atom is -0.497 e. The Hall–Kier alpha value is -3.48. The summed E-state index contributed by atoms with van der Waals surface area (Å²) in [6, 6.07) is 17.6. The van der Waals surface area contributed by atoms with Crippen molar-refractivity contribution in [3.05, 3.63) is 60.3 Å². The molecule has 2 aromatic carbocycles. The fourth-order valence-electron chi connectivity index (χ4n) is 3.73. The molecule has 0 bridgehead atoms. The smallest absolute Gasteiger partial charge is 0.272 e. The van der Waals surface area contributed by atoms with E-state index in [0.717, 1.165) is 41.5 Å². The van der Waals surface area contributed by atoms with Crippen molar-refractivity contribution in [1.82, 2.24) is 14.7 Å². The van der Waals surface area contributed by atoms with Crippen LogP contribution in [0.15, 0.2) is 54.6 Å². The van der Waals surface area contributed by atoms with Gasteiger partial charge in [0.15, 0.2) is 0 Å². The maximum Gasteiger partial charge on any atom is 0.272 e. The van der Waals surface area contributed by atoms with E-state index in [-0.39, 0.29) is 5.91 Å². The molecule has 0 unspecified atom stereocenters. The minimum absolute atomic E-state index is 0.00411. The summed E-state index contributed by atoms with van der Waals surface area (Å²) in [5.41, 5.74) is 3.38. The number of ether oxygens (including phenoxy) is 2. The predicted molar refractivity (Wildman–Crippen MR) is 116 cm³/mol. The van der Waals surface area contributed by atoms with E-state index < -0.39 is 0 Å². The average molecular weight is 406 g/mol. The van der Waals surface area contributed by atoms with Gasteiger partial charge < -0.3 is 19.3 Å². The Balaban J connectivity index is 1.46. The van der Waals surface area contributed by atoms with E-state index in [1.54, 1.807) is 18.9 Å². The van der Waals surface area contributed by atoms with Gasteiger partial charge in [-0.15, -0.1) is 0 Å². The second-order valence-electron chi connectivity index (χ2n) is 7.25. The van der Waals surface area contributed by atoms with Gasteiger partial charge >= 0.3 is 0 Å². The van der Waals surface area contributed by atoms with Crippen LogP contribution in [0.2, 0.25) is 0 Å². The van der Waals surface area contributed by atoms with Crippen molar-refractivity contribution >= 4 is 11.6 Å². The summed E-state index contributed by atoms with van der Waals surface area (Å²) in [6.07, 6.45) is 0. The van der Waals surface area contributed by atoms with Gasteiger partial charge in [0.1, 0.15) is 17.2 Å². The molecule has 3 aromatic rings. The number of hydrogen-bond donors (Lipinski definition) is 0. The molecule has 7 heteroatoms. The molecule has 0 aliphatic carbocycles. The highest BCUT2D eigenvalue weighted by molar-refractivity contribution is 5.94. The highest BCUT2D eigenvalue weighted by atomic mass is 16.5. The lowest BCUT2D eigenvalue weighted by Crippen LogP contribution is -2.49. The molecule has 1 aliphatic rings. The van der Waals surface area contributed by atoms with Crippen LogP contribution < -0.4 is 14.4 Å². The quantitative estimate of drug-likeness (QED) is 0.652. The molecule has 1 aromatic heterocycles. The third-order valence-electron chi connectivity index (χ3n) is 5.45. The van der Waals surface area contributed by atoms with Crippen LogP contribution in [0.1, 0.15) is 10.5 Å². The highest BCUT2D eigenvalue weighted by Gasteiger charge is 2.25. The molecule has 0 radical (unpaired) electrons. The number of aromatic nitrogens is 2. The number of carbonyl (C=O) groups is 1. The van der Waals surface area contributed by atoms with Crippen LogP contribution in [0, 0.1) is 0 Å². The molecule has 1 amide bonds. The first-order valence-electron chi connectivity index (χ1n) is 9.96. The van der Waals surface area contributed by atoms with Crippen molar-refractivity contribution in [2.45, 2.75) is 0 Å². The van der Waals surface area contributed by atoms with Crippen molar-refractivity contribution < 1.29 is 14.3 Å². The Kier molecular flexibility index (Phi) is 5.61. The number of aryl methyl sites for hydroxylation is 1. The number of methoxy groups -OCH3 is 2. The normalized spacial score (nSPS) is 14.0. The lowest BCUT2D eigenvalue weighted by Gasteiger charge is -2.36. The van der Waals surface area contributed by atoms with E-state index in [0.29, 0.717) is 18.8 Å².